The van der Waals surface area contributed by atoms with E-state index in [0.717, 1.165) is 23.5 Å². The van der Waals surface area contributed by atoms with Gasteiger partial charge >= 0.3 is 0 Å². The number of pyridine rings is 1. The Morgan fingerprint density at radius 3 is 2.75 bits per heavy atom. The van der Waals surface area contributed by atoms with Gasteiger partial charge in [0.05, 0.1) is 32.9 Å². The van der Waals surface area contributed by atoms with Crippen molar-refractivity contribution >= 4 is 54.0 Å². The van der Waals surface area contributed by atoms with Gasteiger partial charge in [-0.05, 0) is 43.2 Å². The number of carbonyl (C=O) groups excluding carboxylic acids is 1. The Balaban J connectivity index is 1.29. The number of amides is 1. The van der Waals surface area contributed by atoms with E-state index in [1.807, 2.05) is 23.6 Å². The average molecular weight is 486 g/mol. The second-order valence-corrected chi connectivity index (χ2v) is 11.2. The van der Waals surface area contributed by atoms with Gasteiger partial charge in [-0.1, -0.05) is 17.4 Å². The third kappa shape index (κ3) is 4.29. The van der Waals surface area contributed by atoms with Gasteiger partial charge in [-0.25, -0.2) is 18.4 Å². The second-order valence-electron chi connectivity index (χ2n) is 7.34. The van der Waals surface area contributed by atoms with Crippen LogP contribution in [0.25, 0.3) is 20.9 Å². The highest BCUT2D eigenvalue weighted by atomic mass is 32.2. The van der Waals surface area contributed by atoms with Crippen molar-refractivity contribution in [2.45, 2.75) is 24.2 Å². The van der Waals surface area contributed by atoms with Crippen LogP contribution in [0.1, 0.15) is 18.5 Å². The smallest absolute Gasteiger partial charge is 0.243 e. The van der Waals surface area contributed by atoms with Crippen LogP contribution in [0.3, 0.4) is 0 Å². The Morgan fingerprint density at radius 2 is 1.97 bits per heavy atom. The van der Waals surface area contributed by atoms with E-state index in [-0.39, 0.29) is 17.2 Å². The predicted molar refractivity (Wildman–Crippen MR) is 125 cm³/mol. The number of anilines is 1. The summed E-state index contributed by atoms with van der Waals surface area (Å²) in [6.45, 7) is 1.12. The number of nitrogens with one attached hydrogen (secondary N) is 1. The molecule has 0 saturated carbocycles. The second kappa shape index (κ2) is 8.66. The minimum Gasteiger partial charge on any atom is -0.302 e. The third-order valence-corrected chi connectivity index (χ3v) is 8.83. The van der Waals surface area contributed by atoms with Gasteiger partial charge < -0.3 is 5.32 Å². The topological polar surface area (TPSA) is 105 Å². The number of rotatable bonds is 6. The molecule has 0 radical (unpaired) electrons. The van der Waals surface area contributed by atoms with Gasteiger partial charge in [-0.15, -0.1) is 11.3 Å². The Kier molecular flexibility index (Phi) is 5.72. The van der Waals surface area contributed by atoms with E-state index in [4.69, 9.17) is 0 Å². The molecule has 4 heterocycles. The van der Waals surface area contributed by atoms with Crippen molar-refractivity contribution in [1.29, 1.82) is 0 Å². The number of sulfonamides is 1. The molecular formula is C21H19N5O3S3. The maximum atomic E-state index is 12.8. The van der Waals surface area contributed by atoms with Crippen LogP contribution in [0, 0.1) is 0 Å². The summed E-state index contributed by atoms with van der Waals surface area (Å²) in [4.78, 5) is 26.0. The van der Waals surface area contributed by atoms with Crippen molar-refractivity contribution in [3.8, 4) is 10.7 Å². The van der Waals surface area contributed by atoms with Crippen molar-refractivity contribution < 1.29 is 13.2 Å². The van der Waals surface area contributed by atoms with Crippen molar-refractivity contribution in [1.82, 2.24) is 19.3 Å². The van der Waals surface area contributed by atoms with Gasteiger partial charge in [0.1, 0.15) is 5.01 Å². The average Bonchev–Trinajstić information content (AvgIpc) is 3.54. The zero-order valence-electron chi connectivity index (χ0n) is 16.9. The summed E-state index contributed by atoms with van der Waals surface area (Å²) in [6, 6.07) is 10.5. The lowest BCUT2D eigenvalue weighted by atomic mass is 10.3. The molecule has 32 heavy (non-hydrogen) atoms. The maximum Gasteiger partial charge on any atom is 0.243 e. The number of hydrogen-bond donors (Lipinski definition) is 1. The van der Waals surface area contributed by atoms with E-state index in [0.29, 0.717) is 34.1 Å². The van der Waals surface area contributed by atoms with Crippen LogP contribution in [0.15, 0.2) is 52.9 Å². The van der Waals surface area contributed by atoms with Gasteiger partial charge in [0.2, 0.25) is 15.9 Å². The first kappa shape index (κ1) is 21.1. The van der Waals surface area contributed by atoms with Gasteiger partial charge in [0.15, 0.2) is 5.13 Å². The number of benzene rings is 1. The summed E-state index contributed by atoms with van der Waals surface area (Å²) in [5.74, 6) is -0.230. The number of aromatic nitrogens is 3. The number of carbonyl (C=O) groups is 1. The summed E-state index contributed by atoms with van der Waals surface area (Å²) < 4.78 is 27.8. The van der Waals surface area contributed by atoms with Crippen LogP contribution in [0.5, 0.6) is 0 Å². The highest BCUT2D eigenvalue weighted by Gasteiger charge is 2.27. The monoisotopic (exact) mass is 485 g/mol. The minimum absolute atomic E-state index is 0.119. The molecule has 1 aliphatic heterocycles. The van der Waals surface area contributed by atoms with E-state index < -0.39 is 10.0 Å². The summed E-state index contributed by atoms with van der Waals surface area (Å²) in [6.07, 6.45) is 3.60. The van der Waals surface area contributed by atoms with Crippen molar-refractivity contribution in [3.63, 3.8) is 0 Å². The Hall–Kier alpha value is -2.73. The minimum atomic E-state index is -3.49. The first-order chi connectivity index (χ1) is 15.5. The molecule has 3 aromatic heterocycles. The standard InChI is InChI=1S/C21H19N5O3S3/c27-19(11-14-13-30-20(23-14)17-5-1-2-8-22-17)25-21-24-16-7-6-15(12-18(16)31-21)32(28,29)26-9-3-4-10-26/h1-2,5-8,12-13H,3-4,9-11H2,(H,24,25,27). The fourth-order valence-electron chi connectivity index (χ4n) is 3.52. The number of fused-ring (bicyclic) bond motifs is 1. The molecule has 164 valence electrons. The van der Waals surface area contributed by atoms with Crippen LogP contribution in [0.2, 0.25) is 0 Å². The van der Waals surface area contributed by atoms with E-state index in [1.165, 1.54) is 27.0 Å². The molecule has 0 aliphatic carbocycles. The Bertz CT molecular complexity index is 1380. The quantitative estimate of drug-likeness (QED) is 0.446. The highest BCUT2D eigenvalue weighted by Crippen LogP contribution is 2.30. The first-order valence-electron chi connectivity index (χ1n) is 10.1. The van der Waals surface area contributed by atoms with Crippen LogP contribution < -0.4 is 5.32 Å². The van der Waals surface area contributed by atoms with E-state index in [9.17, 15) is 13.2 Å². The zero-order chi connectivity index (χ0) is 22.1. The lowest BCUT2D eigenvalue weighted by molar-refractivity contribution is -0.115. The molecule has 5 rings (SSSR count). The summed E-state index contributed by atoms with van der Waals surface area (Å²) in [5, 5.41) is 5.84. The zero-order valence-corrected chi connectivity index (χ0v) is 19.3. The first-order valence-corrected chi connectivity index (χ1v) is 13.2. The van der Waals surface area contributed by atoms with Gasteiger partial charge in [0.25, 0.3) is 0 Å². The SMILES string of the molecule is O=C(Cc1csc(-c2ccccn2)n1)Nc1nc2ccc(S(=O)(=O)N3CCCC3)cc2s1. The molecule has 0 bridgehead atoms. The van der Waals surface area contributed by atoms with Crippen LogP contribution >= 0.6 is 22.7 Å². The Labute approximate surface area is 193 Å². The number of hydrogen-bond acceptors (Lipinski definition) is 8. The summed E-state index contributed by atoms with van der Waals surface area (Å²) in [5.41, 5.74) is 2.08. The molecule has 1 N–H and O–H groups in total. The molecule has 1 fully saturated rings. The van der Waals surface area contributed by atoms with Crippen LogP contribution in [0.4, 0.5) is 5.13 Å². The van der Waals surface area contributed by atoms with Crippen LogP contribution in [-0.2, 0) is 21.2 Å². The summed E-state index contributed by atoms with van der Waals surface area (Å²) in [7, 11) is -3.49. The third-order valence-electron chi connectivity index (χ3n) is 5.09. The van der Waals surface area contributed by atoms with Crippen LogP contribution in [-0.4, -0.2) is 46.7 Å². The molecule has 4 aromatic rings. The molecule has 1 amide bonds. The van der Waals surface area contributed by atoms with Gasteiger partial charge in [-0.2, -0.15) is 4.31 Å². The van der Waals surface area contributed by atoms with Gasteiger partial charge in [-0.3, -0.25) is 9.78 Å². The molecule has 0 spiro atoms. The molecule has 1 saturated heterocycles. The van der Waals surface area contributed by atoms with Crippen molar-refractivity contribution in [3.05, 3.63) is 53.7 Å². The predicted octanol–water partition coefficient (Wildman–Crippen LogP) is 3.78. The van der Waals surface area contributed by atoms with Crippen molar-refractivity contribution in [2.24, 2.45) is 0 Å². The molecule has 0 atom stereocenters. The number of nitrogens with zero attached hydrogens (tertiary/aromatic N) is 4. The highest BCUT2D eigenvalue weighted by molar-refractivity contribution is 7.89. The normalized spacial score (nSPS) is 14.8. The Morgan fingerprint density at radius 1 is 1.12 bits per heavy atom. The molecule has 1 aromatic carbocycles. The number of thiazole rings is 2. The molecule has 8 nitrogen and oxygen atoms in total. The van der Waals surface area contributed by atoms with E-state index in [2.05, 4.69) is 20.3 Å². The van der Waals surface area contributed by atoms with E-state index in [1.54, 1.807) is 24.4 Å². The summed E-state index contributed by atoms with van der Waals surface area (Å²) >= 11 is 2.70. The maximum absolute atomic E-state index is 12.8. The molecule has 11 heteroatoms. The lowest BCUT2D eigenvalue weighted by Gasteiger charge is -2.15. The fraction of sp³-hybridized carbons (Fsp3) is 0.238. The van der Waals surface area contributed by atoms with Gasteiger partial charge in [0, 0.05) is 24.7 Å². The molecule has 1 aliphatic rings. The molecular weight excluding hydrogens is 466 g/mol. The largest absolute Gasteiger partial charge is 0.302 e. The lowest BCUT2D eigenvalue weighted by Crippen LogP contribution is -2.27. The van der Waals surface area contributed by atoms with E-state index >= 15 is 0 Å². The van der Waals surface area contributed by atoms with Crippen molar-refractivity contribution in [2.75, 3.05) is 18.4 Å². The fourth-order valence-corrected chi connectivity index (χ4v) is 6.85. The molecule has 0 unspecified atom stereocenters.